The minimum absolute atomic E-state index is 0.104. The van der Waals surface area contributed by atoms with Crippen LogP contribution in [0.2, 0.25) is 5.02 Å². The summed E-state index contributed by atoms with van der Waals surface area (Å²) in [5, 5.41) is 4.07. The lowest BCUT2D eigenvalue weighted by Gasteiger charge is -2.21. The van der Waals surface area contributed by atoms with Crippen molar-refractivity contribution < 1.29 is 9.53 Å². The lowest BCUT2D eigenvalue weighted by molar-refractivity contribution is -0.144. The molecule has 1 aromatic rings. The quantitative estimate of drug-likeness (QED) is 0.834. The fourth-order valence-electron chi connectivity index (χ4n) is 2.07. The third-order valence-corrected chi connectivity index (χ3v) is 3.60. The zero-order valence-electron chi connectivity index (χ0n) is 10.7. The van der Waals surface area contributed by atoms with Crippen LogP contribution in [-0.2, 0) is 9.53 Å². The fraction of sp³-hybridized carbons (Fsp3) is 0.500. The number of carbonyl (C=O) groups excluding carboxylic acids is 1. The Morgan fingerprint density at radius 1 is 1.39 bits per heavy atom. The van der Waals surface area contributed by atoms with Crippen molar-refractivity contribution in [2.24, 2.45) is 5.92 Å². The van der Waals surface area contributed by atoms with Gasteiger partial charge >= 0.3 is 5.97 Å². The fourth-order valence-corrected chi connectivity index (χ4v) is 2.20. The van der Waals surface area contributed by atoms with Gasteiger partial charge in [-0.15, -0.1) is 0 Å². The summed E-state index contributed by atoms with van der Waals surface area (Å²) in [6.07, 6.45) is 2.19. The number of nitrogens with one attached hydrogen (secondary N) is 1. The standard InChI is InChI=1S/C14H18ClNO2/c1-9(10-5-7-12(15)8-6-10)16-13(11-3-4-11)14(17)18-2/h5-9,11,13,16H,3-4H2,1-2H3/t9-,13?/m0/s1. The van der Waals surface area contributed by atoms with Crippen LogP contribution in [0.4, 0.5) is 0 Å². The van der Waals surface area contributed by atoms with Gasteiger partial charge in [0.15, 0.2) is 0 Å². The molecule has 0 spiro atoms. The minimum Gasteiger partial charge on any atom is -0.468 e. The largest absolute Gasteiger partial charge is 0.468 e. The molecule has 0 saturated heterocycles. The van der Waals surface area contributed by atoms with Crippen molar-refractivity contribution >= 4 is 17.6 Å². The minimum atomic E-state index is -0.194. The van der Waals surface area contributed by atoms with Gasteiger partial charge in [-0.05, 0) is 43.4 Å². The van der Waals surface area contributed by atoms with Crippen molar-refractivity contribution in [1.29, 1.82) is 0 Å². The summed E-state index contributed by atoms with van der Waals surface area (Å²) in [4.78, 5) is 11.7. The summed E-state index contributed by atoms with van der Waals surface area (Å²) >= 11 is 5.86. The monoisotopic (exact) mass is 267 g/mol. The topological polar surface area (TPSA) is 38.3 Å². The number of benzene rings is 1. The Morgan fingerprint density at radius 3 is 2.50 bits per heavy atom. The maximum atomic E-state index is 11.7. The lowest BCUT2D eigenvalue weighted by atomic mass is 10.1. The van der Waals surface area contributed by atoms with Crippen LogP contribution in [-0.4, -0.2) is 19.1 Å². The number of halogens is 1. The van der Waals surface area contributed by atoms with Crippen LogP contribution in [0, 0.1) is 5.92 Å². The Bertz CT molecular complexity index is 414. The van der Waals surface area contributed by atoms with Gasteiger partial charge in [0.25, 0.3) is 0 Å². The highest BCUT2D eigenvalue weighted by atomic mass is 35.5. The molecule has 98 valence electrons. The maximum absolute atomic E-state index is 11.7. The molecule has 1 fully saturated rings. The average Bonchev–Trinajstić information content (AvgIpc) is 3.20. The number of hydrogen-bond acceptors (Lipinski definition) is 3. The molecular weight excluding hydrogens is 250 g/mol. The van der Waals surface area contributed by atoms with E-state index in [9.17, 15) is 4.79 Å². The number of hydrogen-bond donors (Lipinski definition) is 1. The first-order valence-electron chi connectivity index (χ1n) is 6.21. The van der Waals surface area contributed by atoms with E-state index in [0.717, 1.165) is 23.4 Å². The van der Waals surface area contributed by atoms with Gasteiger partial charge in [0.1, 0.15) is 6.04 Å². The van der Waals surface area contributed by atoms with Crippen LogP contribution in [0.1, 0.15) is 31.4 Å². The summed E-state index contributed by atoms with van der Waals surface area (Å²) in [5.41, 5.74) is 1.12. The molecule has 1 aliphatic carbocycles. The third-order valence-electron chi connectivity index (χ3n) is 3.35. The number of rotatable bonds is 5. The van der Waals surface area contributed by atoms with E-state index >= 15 is 0 Å². The average molecular weight is 268 g/mol. The molecule has 0 aliphatic heterocycles. The molecule has 2 atom stereocenters. The third kappa shape index (κ3) is 3.24. The van der Waals surface area contributed by atoms with Crippen LogP contribution >= 0.6 is 11.6 Å². The van der Waals surface area contributed by atoms with Crippen LogP contribution in [0.3, 0.4) is 0 Å². The van der Waals surface area contributed by atoms with E-state index in [1.807, 2.05) is 31.2 Å². The highest BCUT2D eigenvalue weighted by Gasteiger charge is 2.37. The summed E-state index contributed by atoms with van der Waals surface area (Å²) in [6.45, 7) is 2.04. The van der Waals surface area contributed by atoms with Crippen molar-refractivity contribution in [2.45, 2.75) is 31.8 Å². The van der Waals surface area contributed by atoms with Gasteiger partial charge in [-0.1, -0.05) is 23.7 Å². The van der Waals surface area contributed by atoms with Gasteiger partial charge in [-0.3, -0.25) is 10.1 Å². The Kier molecular flexibility index (Phi) is 4.25. The summed E-state index contributed by atoms with van der Waals surface area (Å²) in [5.74, 6) is 0.255. The first-order chi connectivity index (χ1) is 8.61. The van der Waals surface area contributed by atoms with Crippen molar-refractivity contribution in [3.8, 4) is 0 Å². The van der Waals surface area contributed by atoms with Crippen LogP contribution < -0.4 is 5.32 Å². The normalized spacial score (nSPS) is 18.2. The van der Waals surface area contributed by atoms with Crippen LogP contribution in [0.15, 0.2) is 24.3 Å². The molecule has 0 amide bonds. The van der Waals surface area contributed by atoms with Crippen molar-refractivity contribution in [1.82, 2.24) is 5.32 Å². The van der Waals surface area contributed by atoms with E-state index in [2.05, 4.69) is 5.32 Å². The lowest BCUT2D eigenvalue weighted by Crippen LogP contribution is -2.40. The molecular formula is C14H18ClNO2. The summed E-state index contributed by atoms with van der Waals surface area (Å²) in [7, 11) is 1.44. The summed E-state index contributed by atoms with van der Waals surface area (Å²) < 4.78 is 4.85. The molecule has 1 saturated carbocycles. The van der Waals surface area contributed by atoms with E-state index in [4.69, 9.17) is 16.3 Å². The predicted molar refractivity (Wildman–Crippen MR) is 71.5 cm³/mol. The first kappa shape index (κ1) is 13.4. The SMILES string of the molecule is COC(=O)C(N[C@@H](C)c1ccc(Cl)cc1)C1CC1. The molecule has 1 unspecified atom stereocenters. The molecule has 3 nitrogen and oxygen atoms in total. The molecule has 4 heteroatoms. The Labute approximate surface area is 112 Å². The zero-order chi connectivity index (χ0) is 13.1. The van der Waals surface area contributed by atoms with E-state index in [1.54, 1.807) is 0 Å². The number of ether oxygens (including phenoxy) is 1. The first-order valence-corrected chi connectivity index (χ1v) is 6.59. The number of esters is 1. The second-order valence-corrected chi connectivity index (χ2v) is 5.21. The molecule has 0 radical (unpaired) electrons. The maximum Gasteiger partial charge on any atom is 0.323 e. The van der Waals surface area contributed by atoms with Crippen molar-refractivity contribution in [3.05, 3.63) is 34.9 Å². The highest BCUT2D eigenvalue weighted by molar-refractivity contribution is 6.30. The zero-order valence-corrected chi connectivity index (χ0v) is 11.4. The second kappa shape index (κ2) is 5.72. The van der Waals surface area contributed by atoms with Crippen molar-refractivity contribution in [2.75, 3.05) is 7.11 Å². The Balaban J connectivity index is 2.02. The predicted octanol–water partition coefficient (Wildman–Crippen LogP) is 2.94. The molecule has 0 aromatic heterocycles. The van der Waals surface area contributed by atoms with Crippen molar-refractivity contribution in [3.63, 3.8) is 0 Å². The molecule has 0 bridgehead atoms. The van der Waals surface area contributed by atoms with Gasteiger partial charge in [0.2, 0.25) is 0 Å². The van der Waals surface area contributed by atoms with Gasteiger partial charge in [-0.25, -0.2) is 0 Å². The molecule has 18 heavy (non-hydrogen) atoms. The molecule has 1 aliphatic rings. The van der Waals surface area contributed by atoms with E-state index in [0.29, 0.717) is 5.92 Å². The van der Waals surface area contributed by atoms with E-state index in [1.165, 1.54) is 7.11 Å². The molecule has 1 N–H and O–H groups in total. The van der Waals surface area contributed by atoms with E-state index in [-0.39, 0.29) is 18.1 Å². The van der Waals surface area contributed by atoms with Crippen LogP contribution in [0.25, 0.3) is 0 Å². The highest BCUT2D eigenvalue weighted by Crippen LogP contribution is 2.34. The Hall–Kier alpha value is -1.06. The Morgan fingerprint density at radius 2 is 2.00 bits per heavy atom. The summed E-state index contributed by atoms with van der Waals surface area (Å²) in [6, 6.07) is 7.58. The van der Waals surface area contributed by atoms with Crippen LogP contribution in [0.5, 0.6) is 0 Å². The molecule has 2 rings (SSSR count). The smallest absolute Gasteiger partial charge is 0.323 e. The van der Waals surface area contributed by atoms with Gasteiger partial charge in [0, 0.05) is 11.1 Å². The van der Waals surface area contributed by atoms with Gasteiger partial charge < -0.3 is 4.74 Å². The number of carbonyl (C=O) groups is 1. The van der Waals surface area contributed by atoms with Gasteiger partial charge in [-0.2, -0.15) is 0 Å². The van der Waals surface area contributed by atoms with Gasteiger partial charge in [0.05, 0.1) is 7.11 Å². The number of methoxy groups -OCH3 is 1. The second-order valence-electron chi connectivity index (χ2n) is 4.78. The molecule has 0 heterocycles. The van der Waals surface area contributed by atoms with E-state index < -0.39 is 0 Å². The molecule has 1 aromatic carbocycles.